The molecule has 0 bridgehead atoms. The number of piperidine rings is 1. The number of halogens is 2. The molecule has 1 aliphatic heterocycles. The van der Waals surface area contributed by atoms with E-state index in [1.807, 2.05) is 11.8 Å². The van der Waals surface area contributed by atoms with Gasteiger partial charge in [-0.05, 0) is 38.3 Å². The molecule has 4 nitrogen and oxygen atoms in total. The first-order valence-corrected chi connectivity index (χ1v) is 9.29. The second kappa shape index (κ2) is 7.91. The lowest BCUT2D eigenvalue weighted by molar-refractivity contribution is -0.132. The highest BCUT2D eigenvalue weighted by Crippen LogP contribution is 2.20. The third-order valence-electron chi connectivity index (χ3n) is 4.48. The highest BCUT2D eigenvalue weighted by molar-refractivity contribution is 7.09. The van der Waals surface area contributed by atoms with Crippen molar-refractivity contribution in [2.75, 3.05) is 18.4 Å². The average molecular weight is 365 g/mol. The van der Waals surface area contributed by atoms with E-state index in [2.05, 4.69) is 10.3 Å². The second-order valence-corrected chi connectivity index (χ2v) is 7.25. The van der Waals surface area contributed by atoms with Crippen LogP contribution in [0.3, 0.4) is 0 Å². The smallest absolute Gasteiger partial charge is 0.223 e. The summed E-state index contributed by atoms with van der Waals surface area (Å²) >= 11 is 1.58. The van der Waals surface area contributed by atoms with Crippen molar-refractivity contribution in [3.63, 3.8) is 0 Å². The Kier molecular flexibility index (Phi) is 5.63. The fourth-order valence-electron chi connectivity index (χ4n) is 3.09. The van der Waals surface area contributed by atoms with Crippen LogP contribution in [0.4, 0.5) is 14.5 Å². The lowest BCUT2D eigenvalue weighted by Gasteiger charge is -2.33. The van der Waals surface area contributed by atoms with Gasteiger partial charge in [0.2, 0.25) is 5.91 Å². The van der Waals surface area contributed by atoms with E-state index in [1.165, 1.54) is 6.07 Å². The van der Waals surface area contributed by atoms with Crippen LogP contribution in [0.1, 0.15) is 29.8 Å². The zero-order chi connectivity index (χ0) is 17.8. The van der Waals surface area contributed by atoms with Crippen LogP contribution >= 0.6 is 11.3 Å². The minimum Gasteiger partial charge on any atom is -0.380 e. The normalized spacial score (nSPS) is 17.6. The number of nitrogens with one attached hydrogen (secondary N) is 1. The Balaban J connectivity index is 1.54. The van der Waals surface area contributed by atoms with Crippen LogP contribution in [0.2, 0.25) is 0 Å². The number of carbonyl (C=O) groups is 1. The largest absolute Gasteiger partial charge is 0.380 e. The number of hydrogen-bond acceptors (Lipinski definition) is 4. The monoisotopic (exact) mass is 365 g/mol. The maximum absolute atomic E-state index is 13.3. The molecule has 134 valence electrons. The van der Waals surface area contributed by atoms with Crippen molar-refractivity contribution in [3.8, 4) is 0 Å². The van der Waals surface area contributed by atoms with Crippen LogP contribution in [-0.4, -0.2) is 34.9 Å². The molecule has 1 aromatic heterocycles. The van der Waals surface area contributed by atoms with Crippen molar-refractivity contribution in [2.24, 2.45) is 0 Å². The van der Waals surface area contributed by atoms with Crippen LogP contribution in [0.25, 0.3) is 0 Å². The van der Waals surface area contributed by atoms with Gasteiger partial charge in [-0.15, -0.1) is 11.3 Å². The number of amides is 1. The number of nitrogens with zero attached hydrogens (tertiary/aromatic N) is 2. The number of anilines is 1. The molecule has 1 aromatic carbocycles. The van der Waals surface area contributed by atoms with Crippen molar-refractivity contribution >= 4 is 22.9 Å². The first kappa shape index (κ1) is 17.8. The van der Waals surface area contributed by atoms with Crippen molar-refractivity contribution in [3.05, 3.63) is 45.9 Å². The molecule has 1 saturated heterocycles. The Bertz CT molecular complexity index is 750. The molecule has 3 rings (SSSR count). The molecule has 0 unspecified atom stereocenters. The number of carbonyl (C=O) groups excluding carboxylic acids is 1. The van der Waals surface area contributed by atoms with E-state index in [-0.39, 0.29) is 11.9 Å². The molecule has 2 heterocycles. The van der Waals surface area contributed by atoms with Gasteiger partial charge in [0, 0.05) is 42.2 Å². The fourth-order valence-corrected chi connectivity index (χ4v) is 3.87. The molecule has 1 aliphatic rings. The van der Waals surface area contributed by atoms with E-state index in [0.29, 0.717) is 25.1 Å². The van der Waals surface area contributed by atoms with Crippen LogP contribution in [0, 0.1) is 18.6 Å². The number of aromatic nitrogens is 1. The fraction of sp³-hybridized carbons (Fsp3) is 0.444. The minimum atomic E-state index is -0.867. The Morgan fingerprint density at radius 2 is 2.24 bits per heavy atom. The quantitative estimate of drug-likeness (QED) is 0.877. The predicted octanol–water partition coefficient (Wildman–Crippen LogP) is 3.77. The summed E-state index contributed by atoms with van der Waals surface area (Å²) in [6, 6.07) is 3.84. The summed E-state index contributed by atoms with van der Waals surface area (Å²) < 4.78 is 26.3. The Morgan fingerprint density at radius 3 is 2.96 bits per heavy atom. The third-order valence-corrected chi connectivity index (χ3v) is 5.47. The third kappa shape index (κ3) is 4.54. The summed E-state index contributed by atoms with van der Waals surface area (Å²) in [5.74, 6) is -1.59. The molecular formula is C18H21F2N3OS. The van der Waals surface area contributed by atoms with E-state index in [0.717, 1.165) is 42.1 Å². The van der Waals surface area contributed by atoms with Crippen LogP contribution < -0.4 is 5.32 Å². The average Bonchev–Trinajstić information content (AvgIpc) is 3.01. The Morgan fingerprint density at radius 1 is 1.40 bits per heavy atom. The molecule has 7 heteroatoms. The van der Waals surface area contributed by atoms with Crippen molar-refractivity contribution in [2.45, 2.75) is 38.6 Å². The Hall–Kier alpha value is -2.02. The van der Waals surface area contributed by atoms with Crippen molar-refractivity contribution in [1.29, 1.82) is 0 Å². The minimum absolute atomic E-state index is 0.0488. The molecule has 0 spiro atoms. The number of aryl methyl sites for hydroxylation is 2. The first-order valence-electron chi connectivity index (χ1n) is 8.41. The summed E-state index contributed by atoms with van der Waals surface area (Å²) in [4.78, 5) is 19.7. The zero-order valence-corrected chi connectivity index (χ0v) is 14.9. The van der Waals surface area contributed by atoms with Gasteiger partial charge in [-0.2, -0.15) is 0 Å². The van der Waals surface area contributed by atoms with E-state index >= 15 is 0 Å². The number of rotatable bonds is 5. The van der Waals surface area contributed by atoms with Crippen LogP contribution in [0.5, 0.6) is 0 Å². The number of benzene rings is 1. The number of likely N-dealkylation sites (tertiary alicyclic amines) is 1. The summed E-state index contributed by atoms with van der Waals surface area (Å²) in [7, 11) is 0. The second-order valence-electron chi connectivity index (χ2n) is 6.31. The molecule has 1 fully saturated rings. The van der Waals surface area contributed by atoms with Gasteiger partial charge in [0.15, 0.2) is 11.6 Å². The summed E-state index contributed by atoms with van der Waals surface area (Å²) in [5.41, 5.74) is 3.34. The highest BCUT2D eigenvalue weighted by atomic mass is 32.1. The standard InChI is InChI=1S/C18H21F2N3OS/c1-12-17(25-11-21-12)6-7-18(24)23-8-2-3-14(10-23)22-13-4-5-15(19)16(20)9-13/h4-5,9,11,14,22H,2-3,6-8,10H2,1H3/t14-/m0/s1. The molecule has 1 N–H and O–H groups in total. The van der Waals surface area contributed by atoms with E-state index < -0.39 is 11.6 Å². The lowest BCUT2D eigenvalue weighted by Crippen LogP contribution is -2.45. The number of thiazole rings is 1. The van der Waals surface area contributed by atoms with Gasteiger partial charge >= 0.3 is 0 Å². The van der Waals surface area contributed by atoms with Crippen LogP contribution in [0.15, 0.2) is 23.7 Å². The van der Waals surface area contributed by atoms with E-state index in [4.69, 9.17) is 0 Å². The van der Waals surface area contributed by atoms with Gasteiger partial charge in [0.1, 0.15) is 0 Å². The van der Waals surface area contributed by atoms with Gasteiger partial charge in [0.25, 0.3) is 0 Å². The highest BCUT2D eigenvalue weighted by Gasteiger charge is 2.23. The Labute approximate surface area is 149 Å². The van der Waals surface area contributed by atoms with Gasteiger partial charge < -0.3 is 10.2 Å². The first-order chi connectivity index (χ1) is 12.0. The van der Waals surface area contributed by atoms with E-state index in [9.17, 15) is 13.6 Å². The topological polar surface area (TPSA) is 45.2 Å². The molecule has 0 aliphatic carbocycles. The molecule has 0 radical (unpaired) electrons. The zero-order valence-electron chi connectivity index (χ0n) is 14.1. The van der Waals surface area contributed by atoms with Gasteiger partial charge in [-0.25, -0.2) is 13.8 Å². The molecule has 1 amide bonds. The van der Waals surface area contributed by atoms with Gasteiger partial charge in [-0.3, -0.25) is 4.79 Å². The van der Waals surface area contributed by atoms with Gasteiger partial charge in [-0.1, -0.05) is 0 Å². The molecule has 2 aromatic rings. The molecule has 1 atom stereocenters. The molecular weight excluding hydrogens is 344 g/mol. The maximum Gasteiger partial charge on any atom is 0.223 e. The summed E-state index contributed by atoms with van der Waals surface area (Å²) in [6.07, 6.45) is 2.98. The van der Waals surface area contributed by atoms with E-state index in [1.54, 1.807) is 16.8 Å². The number of hydrogen-bond donors (Lipinski definition) is 1. The molecule has 0 saturated carbocycles. The SMILES string of the molecule is Cc1ncsc1CCC(=O)N1CCC[C@H](Nc2ccc(F)c(F)c2)C1. The molecule has 25 heavy (non-hydrogen) atoms. The van der Waals surface area contributed by atoms with Crippen molar-refractivity contribution in [1.82, 2.24) is 9.88 Å². The maximum atomic E-state index is 13.3. The summed E-state index contributed by atoms with van der Waals surface area (Å²) in [5, 5.41) is 3.20. The lowest BCUT2D eigenvalue weighted by atomic mass is 10.0. The van der Waals surface area contributed by atoms with Crippen molar-refractivity contribution < 1.29 is 13.6 Å². The summed E-state index contributed by atoms with van der Waals surface area (Å²) in [6.45, 7) is 3.29. The van der Waals surface area contributed by atoms with Crippen LogP contribution in [-0.2, 0) is 11.2 Å². The predicted molar refractivity (Wildman–Crippen MR) is 94.8 cm³/mol. The van der Waals surface area contributed by atoms with Gasteiger partial charge in [0.05, 0.1) is 11.2 Å².